The minimum atomic E-state index is -0.0857. The number of carbonyl (C=O) groups is 2. The molecule has 0 fully saturated rings. The van der Waals surface area contributed by atoms with Crippen LogP contribution in [0.3, 0.4) is 0 Å². The lowest BCUT2D eigenvalue weighted by Gasteiger charge is -2.17. The fraction of sp³-hybridized carbons (Fsp3) is 0.167. The molecule has 1 aliphatic rings. The van der Waals surface area contributed by atoms with Crippen molar-refractivity contribution >= 4 is 34.8 Å². The van der Waals surface area contributed by atoms with Gasteiger partial charge in [0.15, 0.2) is 0 Å². The van der Waals surface area contributed by atoms with Gasteiger partial charge in [0.1, 0.15) is 0 Å². The number of benzene rings is 3. The molecule has 0 atom stereocenters. The summed E-state index contributed by atoms with van der Waals surface area (Å²) < 4.78 is 0. The van der Waals surface area contributed by atoms with Crippen LogP contribution in [-0.2, 0) is 17.6 Å². The maximum absolute atomic E-state index is 12.9. The van der Waals surface area contributed by atoms with Crippen molar-refractivity contribution in [2.24, 2.45) is 0 Å². The maximum atomic E-state index is 12.9. The maximum Gasteiger partial charge on any atom is 0.258 e. The molecule has 5 heteroatoms. The third-order valence-corrected chi connectivity index (χ3v) is 5.50. The van der Waals surface area contributed by atoms with Crippen molar-refractivity contribution in [3.8, 4) is 0 Å². The zero-order chi connectivity index (χ0) is 20.2. The van der Waals surface area contributed by atoms with Crippen LogP contribution in [0, 0.1) is 0 Å². The van der Waals surface area contributed by atoms with Gasteiger partial charge in [-0.3, -0.25) is 9.59 Å². The molecule has 0 saturated heterocycles. The summed E-state index contributed by atoms with van der Waals surface area (Å²) in [5.41, 5.74) is 4.41. The second kappa shape index (κ2) is 8.50. The number of para-hydroxylation sites is 1. The number of hydrogen-bond acceptors (Lipinski definition) is 2. The molecule has 0 aromatic heterocycles. The van der Waals surface area contributed by atoms with Gasteiger partial charge in [0.25, 0.3) is 5.91 Å². The summed E-state index contributed by atoms with van der Waals surface area (Å²) in [7, 11) is 0. The van der Waals surface area contributed by atoms with Gasteiger partial charge < -0.3 is 10.2 Å². The third kappa shape index (κ3) is 4.33. The van der Waals surface area contributed by atoms with Gasteiger partial charge in [-0.15, -0.1) is 0 Å². The molecule has 2 amide bonds. The number of hydrogen-bond donors (Lipinski definition) is 1. The number of halogens is 1. The largest absolute Gasteiger partial charge is 0.326 e. The molecule has 29 heavy (non-hydrogen) atoms. The van der Waals surface area contributed by atoms with E-state index in [0.29, 0.717) is 35.7 Å². The van der Waals surface area contributed by atoms with E-state index in [4.69, 9.17) is 11.6 Å². The smallest absolute Gasteiger partial charge is 0.258 e. The molecule has 1 N–H and O–H groups in total. The molecule has 0 aliphatic carbocycles. The summed E-state index contributed by atoms with van der Waals surface area (Å²) in [5.74, 6) is -0.107. The lowest BCUT2D eigenvalue weighted by molar-refractivity contribution is -0.116. The molecule has 0 radical (unpaired) electrons. The summed E-state index contributed by atoms with van der Waals surface area (Å²) in [6.07, 6.45) is 1.80. The van der Waals surface area contributed by atoms with Crippen molar-refractivity contribution in [1.29, 1.82) is 0 Å². The normalized spacial score (nSPS) is 12.5. The second-order valence-corrected chi connectivity index (χ2v) is 7.46. The summed E-state index contributed by atoms with van der Waals surface area (Å²) >= 11 is 6.13. The van der Waals surface area contributed by atoms with Crippen molar-refractivity contribution in [2.45, 2.75) is 19.3 Å². The highest BCUT2D eigenvalue weighted by Crippen LogP contribution is 2.29. The van der Waals surface area contributed by atoms with Gasteiger partial charge in [-0.1, -0.05) is 48.0 Å². The molecule has 3 aromatic rings. The first kappa shape index (κ1) is 19.2. The first-order chi connectivity index (χ1) is 14.1. The fourth-order valence-electron chi connectivity index (χ4n) is 3.57. The Balaban J connectivity index is 1.36. The average Bonchev–Trinajstić information content (AvgIpc) is 3.17. The highest BCUT2D eigenvalue weighted by atomic mass is 35.5. The van der Waals surface area contributed by atoms with Crippen LogP contribution in [0.15, 0.2) is 72.8 Å². The first-order valence-electron chi connectivity index (χ1n) is 9.65. The van der Waals surface area contributed by atoms with Crippen LogP contribution >= 0.6 is 11.6 Å². The zero-order valence-electron chi connectivity index (χ0n) is 15.9. The number of nitrogens with zero attached hydrogens (tertiary/aromatic N) is 1. The molecular weight excluding hydrogens is 384 g/mol. The number of amides is 2. The predicted molar refractivity (Wildman–Crippen MR) is 117 cm³/mol. The Morgan fingerprint density at radius 1 is 0.931 bits per heavy atom. The van der Waals surface area contributed by atoms with Crippen molar-refractivity contribution < 1.29 is 9.59 Å². The van der Waals surface area contributed by atoms with E-state index in [-0.39, 0.29) is 11.8 Å². The number of rotatable bonds is 5. The van der Waals surface area contributed by atoms with E-state index < -0.39 is 0 Å². The highest BCUT2D eigenvalue weighted by Gasteiger charge is 2.24. The van der Waals surface area contributed by atoms with E-state index in [0.717, 1.165) is 17.7 Å². The van der Waals surface area contributed by atoms with Gasteiger partial charge in [0, 0.05) is 34.9 Å². The van der Waals surface area contributed by atoms with E-state index in [1.54, 1.807) is 24.3 Å². The Morgan fingerprint density at radius 2 is 1.66 bits per heavy atom. The molecule has 0 unspecified atom stereocenters. The molecule has 1 aliphatic heterocycles. The Bertz CT molecular complexity index is 1050. The molecule has 4 rings (SSSR count). The minimum absolute atomic E-state index is 0.0217. The molecule has 1 heterocycles. The molecule has 146 valence electrons. The molecular formula is C24H21ClN2O2. The van der Waals surface area contributed by atoms with Crippen LogP contribution < -0.4 is 10.2 Å². The fourth-order valence-corrected chi connectivity index (χ4v) is 3.80. The van der Waals surface area contributed by atoms with E-state index in [1.165, 1.54) is 5.56 Å². The number of anilines is 2. The van der Waals surface area contributed by atoms with Crippen LogP contribution in [-0.4, -0.2) is 18.4 Å². The summed E-state index contributed by atoms with van der Waals surface area (Å²) in [6.45, 7) is 0.693. The quantitative estimate of drug-likeness (QED) is 0.642. The lowest BCUT2D eigenvalue weighted by atomic mass is 10.1. The molecule has 0 spiro atoms. The Morgan fingerprint density at radius 3 is 2.45 bits per heavy atom. The van der Waals surface area contributed by atoms with Crippen LogP contribution in [0.1, 0.15) is 27.9 Å². The average molecular weight is 405 g/mol. The predicted octanol–water partition coefficient (Wildman–Crippen LogP) is 5.11. The second-order valence-electron chi connectivity index (χ2n) is 7.05. The van der Waals surface area contributed by atoms with Gasteiger partial charge in [-0.05, 0) is 60.4 Å². The van der Waals surface area contributed by atoms with Gasteiger partial charge in [-0.2, -0.15) is 0 Å². The third-order valence-electron chi connectivity index (χ3n) is 5.13. The standard InChI is InChI=1S/C24H21ClN2O2/c25-21-7-3-1-5-17(21)11-14-23(28)26-20-12-9-19(10-13-20)24(29)27-16-15-18-6-2-4-8-22(18)27/h1-10,12-13H,11,14-16H2,(H,26,28). The van der Waals surface area contributed by atoms with Gasteiger partial charge >= 0.3 is 0 Å². The van der Waals surface area contributed by atoms with Crippen molar-refractivity contribution in [3.63, 3.8) is 0 Å². The minimum Gasteiger partial charge on any atom is -0.326 e. The highest BCUT2D eigenvalue weighted by molar-refractivity contribution is 6.31. The lowest BCUT2D eigenvalue weighted by Crippen LogP contribution is -2.28. The van der Waals surface area contributed by atoms with E-state index in [1.807, 2.05) is 47.4 Å². The van der Waals surface area contributed by atoms with E-state index in [2.05, 4.69) is 11.4 Å². The zero-order valence-corrected chi connectivity index (χ0v) is 16.7. The van der Waals surface area contributed by atoms with Gasteiger partial charge in [-0.25, -0.2) is 0 Å². The Hall–Kier alpha value is -3.11. The summed E-state index contributed by atoms with van der Waals surface area (Å²) in [4.78, 5) is 26.9. The van der Waals surface area contributed by atoms with Crippen LogP contribution in [0.25, 0.3) is 0 Å². The molecule has 4 nitrogen and oxygen atoms in total. The Kier molecular flexibility index (Phi) is 5.63. The SMILES string of the molecule is O=C(CCc1ccccc1Cl)Nc1ccc(C(=O)N2CCc3ccccc32)cc1. The molecule has 0 bridgehead atoms. The van der Waals surface area contributed by atoms with Crippen molar-refractivity contribution in [3.05, 3.63) is 94.5 Å². The summed E-state index contributed by atoms with van der Waals surface area (Å²) in [5, 5.41) is 3.55. The number of carbonyl (C=O) groups excluding carboxylic acids is 2. The summed E-state index contributed by atoms with van der Waals surface area (Å²) in [6, 6.07) is 22.6. The monoisotopic (exact) mass is 404 g/mol. The van der Waals surface area contributed by atoms with Gasteiger partial charge in [0.2, 0.25) is 5.91 Å². The van der Waals surface area contributed by atoms with Crippen LogP contribution in [0.2, 0.25) is 5.02 Å². The number of nitrogens with one attached hydrogen (secondary N) is 1. The topological polar surface area (TPSA) is 49.4 Å². The van der Waals surface area contributed by atoms with Crippen LogP contribution in [0.5, 0.6) is 0 Å². The number of fused-ring (bicyclic) bond motifs is 1. The van der Waals surface area contributed by atoms with Crippen molar-refractivity contribution in [1.82, 2.24) is 0 Å². The first-order valence-corrected chi connectivity index (χ1v) is 10.0. The molecule has 3 aromatic carbocycles. The molecule has 0 saturated carbocycles. The van der Waals surface area contributed by atoms with E-state index >= 15 is 0 Å². The van der Waals surface area contributed by atoms with Gasteiger partial charge in [0.05, 0.1) is 0 Å². The Labute approximate surface area is 175 Å². The van der Waals surface area contributed by atoms with E-state index in [9.17, 15) is 9.59 Å². The van der Waals surface area contributed by atoms with Crippen LogP contribution in [0.4, 0.5) is 11.4 Å². The number of aryl methyl sites for hydroxylation is 1. The van der Waals surface area contributed by atoms with Crippen molar-refractivity contribution in [2.75, 3.05) is 16.8 Å².